The zero-order chi connectivity index (χ0) is 6.97. The normalized spacial score (nSPS) is 15.3. The van der Waals surface area contributed by atoms with Gasteiger partial charge in [0.05, 0.1) is 3.79 Å². The average molecular weight is 221 g/mol. The number of hydrogen-bond acceptors (Lipinski definition) is 3. The fourth-order valence-corrected chi connectivity index (χ4v) is 2.17. The van der Waals surface area contributed by atoms with E-state index in [0.29, 0.717) is 13.2 Å². The van der Waals surface area contributed by atoms with E-state index >= 15 is 0 Å². The van der Waals surface area contributed by atoms with Crippen molar-refractivity contribution >= 4 is 27.3 Å². The largest absolute Gasteiger partial charge is 0.485 e. The first-order valence-electron chi connectivity index (χ1n) is 2.91. The highest BCUT2D eigenvalue weighted by atomic mass is 79.9. The Hall–Kier alpha value is -0.220. The Labute approximate surface area is 70.9 Å². The van der Waals surface area contributed by atoms with Crippen LogP contribution in [0, 0.1) is 0 Å². The number of ether oxygens (including phenoxy) is 2. The van der Waals surface area contributed by atoms with Crippen molar-refractivity contribution in [3.05, 3.63) is 9.85 Å². The molecule has 0 saturated carbocycles. The quantitative estimate of drug-likeness (QED) is 0.669. The van der Waals surface area contributed by atoms with Gasteiger partial charge in [-0.05, 0) is 15.9 Å². The predicted molar refractivity (Wildman–Crippen MR) is 43.0 cm³/mol. The van der Waals surface area contributed by atoms with Crippen molar-refractivity contribution in [3.63, 3.8) is 0 Å². The van der Waals surface area contributed by atoms with Gasteiger partial charge in [-0.3, -0.25) is 0 Å². The Morgan fingerprint density at radius 2 is 2.20 bits per heavy atom. The monoisotopic (exact) mass is 220 g/mol. The molecule has 0 bridgehead atoms. The summed E-state index contributed by atoms with van der Waals surface area (Å²) >= 11 is 4.91. The van der Waals surface area contributed by atoms with Gasteiger partial charge in [0.2, 0.25) is 5.06 Å². The van der Waals surface area contributed by atoms with Crippen molar-refractivity contribution in [3.8, 4) is 10.8 Å². The molecular formula is C6H5BrO2S. The molecule has 2 nitrogen and oxygen atoms in total. The molecule has 0 saturated heterocycles. The Morgan fingerprint density at radius 1 is 1.40 bits per heavy atom. The second-order valence-electron chi connectivity index (χ2n) is 1.90. The summed E-state index contributed by atoms with van der Waals surface area (Å²) in [5, 5.41) is 0.887. The van der Waals surface area contributed by atoms with Gasteiger partial charge >= 0.3 is 0 Å². The summed E-state index contributed by atoms with van der Waals surface area (Å²) in [6.07, 6.45) is 0. The molecule has 0 unspecified atom stereocenters. The van der Waals surface area contributed by atoms with E-state index in [0.717, 1.165) is 14.6 Å². The maximum absolute atomic E-state index is 5.31. The lowest BCUT2D eigenvalue weighted by atomic mass is 10.5. The van der Waals surface area contributed by atoms with E-state index in [9.17, 15) is 0 Å². The van der Waals surface area contributed by atoms with Crippen LogP contribution in [0.1, 0.15) is 0 Å². The average Bonchev–Trinajstić information content (AvgIpc) is 2.27. The number of fused-ring (bicyclic) bond motifs is 1. The van der Waals surface area contributed by atoms with Gasteiger partial charge in [-0.2, -0.15) is 0 Å². The van der Waals surface area contributed by atoms with Gasteiger partial charge in [-0.15, -0.1) is 0 Å². The smallest absolute Gasteiger partial charge is 0.218 e. The van der Waals surface area contributed by atoms with Gasteiger partial charge in [0.25, 0.3) is 0 Å². The highest BCUT2D eigenvalue weighted by Crippen LogP contribution is 2.41. The van der Waals surface area contributed by atoms with E-state index in [2.05, 4.69) is 15.9 Å². The molecule has 2 rings (SSSR count). The van der Waals surface area contributed by atoms with E-state index in [1.165, 1.54) is 0 Å². The van der Waals surface area contributed by atoms with Crippen LogP contribution in [0.15, 0.2) is 9.85 Å². The van der Waals surface area contributed by atoms with E-state index in [4.69, 9.17) is 9.47 Å². The first kappa shape index (κ1) is 6.49. The van der Waals surface area contributed by atoms with Gasteiger partial charge < -0.3 is 9.47 Å². The van der Waals surface area contributed by atoms with Crippen LogP contribution in [0.25, 0.3) is 0 Å². The molecule has 10 heavy (non-hydrogen) atoms. The highest BCUT2D eigenvalue weighted by molar-refractivity contribution is 9.11. The van der Waals surface area contributed by atoms with E-state index < -0.39 is 0 Å². The maximum Gasteiger partial charge on any atom is 0.218 e. The molecule has 1 aliphatic rings. The molecule has 2 heterocycles. The van der Waals surface area contributed by atoms with Crippen molar-refractivity contribution in [2.45, 2.75) is 0 Å². The summed E-state index contributed by atoms with van der Waals surface area (Å²) in [6, 6.07) is 1.93. The van der Waals surface area contributed by atoms with Gasteiger partial charge in [0.1, 0.15) is 13.2 Å². The first-order chi connectivity index (χ1) is 4.86. The molecule has 4 heteroatoms. The van der Waals surface area contributed by atoms with Crippen molar-refractivity contribution in [2.75, 3.05) is 13.2 Å². The number of thiophene rings is 1. The summed E-state index contributed by atoms with van der Waals surface area (Å²) in [5.74, 6) is 0.864. The second kappa shape index (κ2) is 2.43. The van der Waals surface area contributed by atoms with Crippen LogP contribution in [0.4, 0.5) is 0 Å². The minimum absolute atomic E-state index is 0.663. The molecule has 0 radical (unpaired) electrons. The molecule has 54 valence electrons. The third kappa shape index (κ3) is 1.01. The minimum Gasteiger partial charge on any atom is -0.485 e. The van der Waals surface area contributed by atoms with Crippen LogP contribution in [-0.4, -0.2) is 13.2 Å². The summed E-state index contributed by atoms with van der Waals surface area (Å²) in [4.78, 5) is 0. The first-order valence-corrected chi connectivity index (χ1v) is 4.52. The maximum atomic E-state index is 5.31. The predicted octanol–water partition coefficient (Wildman–Crippen LogP) is 2.28. The molecule has 0 atom stereocenters. The molecule has 1 aromatic rings. The van der Waals surface area contributed by atoms with Crippen LogP contribution < -0.4 is 9.47 Å². The molecule has 1 aliphatic heterocycles. The summed E-state index contributed by atoms with van der Waals surface area (Å²) in [5.41, 5.74) is 0. The molecule has 1 aromatic heterocycles. The lowest BCUT2D eigenvalue weighted by Gasteiger charge is -2.12. The van der Waals surface area contributed by atoms with E-state index in [-0.39, 0.29) is 0 Å². The third-order valence-electron chi connectivity index (χ3n) is 1.21. The fourth-order valence-electron chi connectivity index (χ4n) is 0.817. The Bertz CT molecular complexity index is 222. The summed E-state index contributed by atoms with van der Waals surface area (Å²) in [6.45, 7) is 1.33. The summed E-state index contributed by atoms with van der Waals surface area (Å²) < 4.78 is 11.7. The highest BCUT2D eigenvalue weighted by Gasteiger charge is 2.14. The molecule has 0 aromatic carbocycles. The number of halogens is 1. The molecule has 0 amide bonds. The van der Waals surface area contributed by atoms with Crippen LogP contribution in [0.2, 0.25) is 0 Å². The van der Waals surface area contributed by atoms with Crippen LogP contribution in [0.5, 0.6) is 10.8 Å². The van der Waals surface area contributed by atoms with Gasteiger partial charge in [0.15, 0.2) is 5.75 Å². The Morgan fingerprint density at radius 3 is 3.00 bits per heavy atom. The van der Waals surface area contributed by atoms with Crippen LogP contribution in [0.3, 0.4) is 0 Å². The molecular weight excluding hydrogens is 216 g/mol. The number of rotatable bonds is 0. The fraction of sp³-hybridized carbons (Fsp3) is 0.333. The number of hydrogen-bond donors (Lipinski definition) is 0. The summed E-state index contributed by atoms with van der Waals surface area (Å²) in [7, 11) is 0. The van der Waals surface area contributed by atoms with Crippen LogP contribution in [-0.2, 0) is 0 Å². The minimum atomic E-state index is 0.663. The zero-order valence-corrected chi connectivity index (χ0v) is 7.50. The topological polar surface area (TPSA) is 18.5 Å². The Kier molecular flexibility index (Phi) is 1.58. The standard InChI is InChI=1S/C6H5BrO2S/c7-5-3-4-6(10-5)9-2-1-8-4/h3H,1-2H2. The van der Waals surface area contributed by atoms with E-state index in [1.807, 2.05) is 6.07 Å². The SMILES string of the molecule is Brc1cc2c(s1)OCCO2. The van der Waals surface area contributed by atoms with Crippen molar-refractivity contribution in [1.29, 1.82) is 0 Å². The molecule has 0 fully saturated rings. The van der Waals surface area contributed by atoms with Gasteiger partial charge in [-0.25, -0.2) is 0 Å². The third-order valence-corrected chi connectivity index (χ3v) is 2.74. The Balaban J connectivity index is 2.41. The van der Waals surface area contributed by atoms with Crippen molar-refractivity contribution < 1.29 is 9.47 Å². The van der Waals surface area contributed by atoms with Crippen LogP contribution >= 0.6 is 27.3 Å². The lowest BCUT2D eigenvalue weighted by molar-refractivity contribution is 0.178. The van der Waals surface area contributed by atoms with Crippen molar-refractivity contribution in [1.82, 2.24) is 0 Å². The van der Waals surface area contributed by atoms with Crippen molar-refractivity contribution in [2.24, 2.45) is 0 Å². The lowest BCUT2D eigenvalue weighted by Crippen LogP contribution is -2.13. The second-order valence-corrected chi connectivity index (χ2v) is 4.29. The molecule has 0 aliphatic carbocycles. The van der Waals surface area contributed by atoms with Gasteiger partial charge in [-0.1, -0.05) is 11.3 Å². The molecule has 0 N–H and O–H groups in total. The zero-order valence-electron chi connectivity index (χ0n) is 5.09. The van der Waals surface area contributed by atoms with Gasteiger partial charge in [0, 0.05) is 6.07 Å². The van der Waals surface area contributed by atoms with E-state index in [1.54, 1.807) is 11.3 Å². The molecule has 0 spiro atoms.